The van der Waals surface area contributed by atoms with E-state index in [-0.39, 0.29) is 25.0 Å². The number of nitrogens with one attached hydrogen (secondary N) is 1. The highest BCUT2D eigenvalue weighted by atomic mass is 35.5. The first kappa shape index (κ1) is 12.0. The van der Waals surface area contributed by atoms with Gasteiger partial charge in [-0.3, -0.25) is 4.79 Å². The Kier molecular flexibility index (Phi) is 4.59. The van der Waals surface area contributed by atoms with E-state index in [0.29, 0.717) is 5.02 Å². The second-order valence-corrected chi connectivity index (χ2v) is 3.83. The van der Waals surface area contributed by atoms with E-state index in [1.807, 2.05) is 18.2 Å². The molecule has 4 heteroatoms. The minimum absolute atomic E-state index is 0.0612. The predicted molar refractivity (Wildman–Crippen MR) is 59.8 cm³/mol. The maximum Gasteiger partial charge on any atom is 0.224 e. The minimum atomic E-state index is -0.222. The second-order valence-electron chi connectivity index (χ2n) is 3.42. The van der Waals surface area contributed by atoms with Gasteiger partial charge in [-0.25, -0.2) is 0 Å². The summed E-state index contributed by atoms with van der Waals surface area (Å²) >= 11 is 5.91. The van der Waals surface area contributed by atoms with Gasteiger partial charge in [0.1, 0.15) is 0 Å². The molecule has 0 aliphatic rings. The fraction of sp³-hybridized carbons (Fsp3) is 0.364. The van der Waals surface area contributed by atoms with Gasteiger partial charge in [0.05, 0.1) is 13.0 Å². The summed E-state index contributed by atoms with van der Waals surface area (Å²) in [4.78, 5) is 11.5. The van der Waals surface area contributed by atoms with Crippen LogP contribution in [0.5, 0.6) is 0 Å². The zero-order valence-corrected chi connectivity index (χ0v) is 9.29. The van der Waals surface area contributed by atoms with Gasteiger partial charge in [0.15, 0.2) is 0 Å². The average molecular weight is 228 g/mol. The number of carbonyl (C=O) groups excluding carboxylic acids is 1. The number of aliphatic hydroxyl groups is 1. The molecule has 0 saturated carbocycles. The summed E-state index contributed by atoms with van der Waals surface area (Å²) in [6.45, 7) is 1.68. The average Bonchev–Trinajstić information content (AvgIpc) is 2.21. The SMILES string of the molecule is CC(CO)NC(=O)Cc1ccccc1Cl. The first-order valence-corrected chi connectivity index (χ1v) is 5.15. The third-order valence-electron chi connectivity index (χ3n) is 1.99. The summed E-state index contributed by atoms with van der Waals surface area (Å²) in [5.74, 6) is -0.135. The van der Waals surface area contributed by atoms with Gasteiger partial charge in [-0.05, 0) is 18.6 Å². The molecule has 0 spiro atoms. The summed E-state index contributed by atoms with van der Waals surface area (Å²) in [6, 6.07) is 7.00. The van der Waals surface area contributed by atoms with Gasteiger partial charge in [0, 0.05) is 11.1 Å². The van der Waals surface area contributed by atoms with Crippen molar-refractivity contribution in [1.29, 1.82) is 0 Å². The lowest BCUT2D eigenvalue weighted by molar-refractivity contribution is -0.121. The number of benzene rings is 1. The standard InChI is InChI=1S/C11H14ClNO2/c1-8(7-14)13-11(15)6-9-4-2-3-5-10(9)12/h2-5,8,14H,6-7H2,1H3,(H,13,15). The summed E-state index contributed by atoms with van der Waals surface area (Å²) in [6.07, 6.45) is 0.240. The van der Waals surface area contributed by atoms with Crippen LogP contribution in [0.15, 0.2) is 24.3 Å². The molecule has 1 rings (SSSR count). The maximum atomic E-state index is 11.5. The van der Waals surface area contributed by atoms with Crippen LogP contribution in [0, 0.1) is 0 Å². The normalized spacial score (nSPS) is 12.2. The van der Waals surface area contributed by atoms with Crippen LogP contribution < -0.4 is 5.32 Å². The smallest absolute Gasteiger partial charge is 0.224 e. The van der Waals surface area contributed by atoms with E-state index in [0.717, 1.165) is 5.56 Å². The van der Waals surface area contributed by atoms with Gasteiger partial charge in [0.25, 0.3) is 0 Å². The molecule has 2 N–H and O–H groups in total. The Bertz CT molecular complexity index is 341. The van der Waals surface area contributed by atoms with E-state index < -0.39 is 0 Å². The number of amides is 1. The fourth-order valence-electron chi connectivity index (χ4n) is 1.19. The maximum absolute atomic E-state index is 11.5. The first-order chi connectivity index (χ1) is 7.13. The lowest BCUT2D eigenvalue weighted by Gasteiger charge is -2.11. The van der Waals surface area contributed by atoms with Crippen molar-refractivity contribution in [3.8, 4) is 0 Å². The molecule has 0 radical (unpaired) electrons. The Balaban J connectivity index is 2.55. The number of hydrogen-bond donors (Lipinski definition) is 2. The van der Waals surface area contributed by atoms with Crippen LogP contribution in [0.4, 0.5) is 0 Å². The van der Waals surface area contributed by atoms with Crippen molar-refractivity contribution in [3.05, 3.63) is 34.9 Å². The topological polar surface area (TPSA) is 49.3 Å². The van der Waals surface area contributed by atoms with Crippen molar-refractivity contribution in [2.24, 2.45) is 0 Å². The van der Waals surface area contributed by atoms with Crippen LogP contribution in [-0.2, 0) is 11.2 Å². The lowest BCUT2D eigenvalue weighted by atomic mass is 10.1. The molecule has 0 heterocycles. The van der Waals surface area contributed by atoms with E-state index in [9.17, 15) is 4.79 Å². The van der Waals surface area contributed by atoms with Crippen molar-refractivity contribution >= 4 is 17.5 Å². The lowest BCUT2D eigenvalue weighted by Crippen LogP contribution is -2.36. The highest BCUT2D eigenvalue weighted by molar-refractivity contribution is 6.31. The molecule has 0 aromatic heterocycles. The Morgan fingerprint density at radius 3 is 2.80 bits per heavy atom. The van der Waals surface area contributed by atoms with E-state index in [1.54, 1.807) is 13.0 Å². The number of rotatable bonds is 4. The number of aliphatic hydroxyl groups excluding tert-OH is 1. The first-order valence-electron chi connectivity index (χ1n) is 4.77. The molecule has 1 amide bonds. The third kappa shape index (κ3) is 3.90. The molecule has 1 atom stereocenters. The molecule has 1 aromatic rings. The summed E-state index contributed by atoms with van der Waals surface area (Å²) < 4.78 is 0. The van der Waals surface area contributed by atoms with Crippen molar-refractivity contribution in [2.75, 3.05) is 6.61 Å². The number of halogens is 1. The molecule has 1 unspecified atom stereocenters. The van der Waals surface area contributed by atoms with Gasteiger partial charge in [-0.15, -0.1) is 0 Å². The molecular weight excluding hydrogens is 214 g/mol. The van der Waals surface area contributed by atoms with Crippen molar-refractivity contribution in [3.63, 3.8) is 0 Å². The molecule has 0 bridgehead atoms. The van der Waals surface area contributed by atoms with Crippen LogP contribution in [0.1, 0.15) is 12.5 Å². The van der Waals surface area contributed by atoms with Crippen molar-refractivity contribution in [2.45, 2.75) is 19.4 Å². The van der Waals surface area contributed by atoms with Gasteiger partial charge in [-0.1, -0.05) is 29.8 Å². The molecule has 3 nitrogen and oxygen atoms in total. The number of hydrogen-bond acceptors (Lipinski definition) is 2. The quantitative estimate of drug-likeness (QED) is 0.817. The highest BCUT2D eigenvalue weighted by Gasteiger charge is 2.08. The largest absolute Gasteiger partial charge is 0.394 e. The predicted octanol–water partition coefficient (Wildman–Crippen LogP) is 1.38. The van der Waals surface area contributed by atoms with Gasteiger partial charge < -0.3 is 10.4 Å². The molecular formula is C11H14ClNO2. The van der Waals surface area contributed by atoms with Crippen molar-refractivity contribution < 1.29 is 9.90 Å². The third-order valence-corrected chi connectivity index (χ3v) is 2.36. The summed E-state index contributed by atoms with van der Waals surface area (Å²) in [7, 11) is 0. The van der Waals surface area contributed by atoms with E-state index in [4.69, 9.17) is 16.7 Å². The van der Waals surface area contributed by atoms with Gasteiger partial charge >= 0.3 is 0 Å². The molecule has 15 heavy (non-hydrogen) atoms. The van der Waals surface area contributed by atoms with Crippen LogP contribution in [-0.4, -0.2) is 23.7 Å². The second kappa shape index (κ2) is 5.73. The molecule has 0 saturated heterocycles. The molecule has 0 fully saturated rings. The Morgan fingerprint density at radius 2 is 2.20 bits per heavy atom. The van der Waals surface area contributed by atoms with Crippen LogP contribution in [0.25, 0.3) is 0 Å². The monoisotopic (exact) mass is 227 g/mol. The van der Waals surface area contributed by atoms with Crippen LogP contribution in [0.3, 0.4) is 0 Å². The van der Waals surface area contributed by atoms with Gasteiger partial charge in [0.2, 0.25) is 5.91 Å². The molecule has 0 aliphatic heterocycles. The van der Waals surface area contributed by atoms with Crippen LogP contribution in [0.2, 0.25) is 5.02 Å². The Morgan fingerprint density at radius 1 is 1.53 bits per heavy atom. The van der Waals surface area contributed by atoms with Crippen molar-refractivity contribution in [1.82, 2.24) is 5.32 Å². The Hall–Kier alpha value is -1.06. The summed E-state index contributed by atoms with van der Waals surface area (Å²) in [5, 5.41) is 12.0. The van der Waals surface area contributed by atoms with E-state index >= 15 is 0 Å². The zero-order chi connectivity index (χ0) is 11.3. The molecule has 82 valence electrons. The van der Waals surface area contributed by atoms with Crippen LogP contribution >= 0.6 is 11.6 Å². The Labute approximate surface area is 94.1 Å². The van der Waals surface area contributed by atoms with Gasteiger partial charge in [-0.2, -0.15) is 0 Å². The zero-order valence-electron chi connectivity index (χ0n) is 8.53. The van der Waals surface area contributed by atoms with E-state index in [2.05, 4.69) is 5.32 Å². The van der Waals surface area contributed by atoms with E-state index in [1.165, 1.54) is 0 Å². The minimum Gasteiger partial charge on any atom is -0.394 e. The highest BCUT2D eigenvalue weighted by Crippen LogP contribution is 2.15. The fourth-order valence-corrected chi connectivity index (χ4v) is 1.39. The molecule has 0 aliphatic carbocycles. The number of carbonyl (C=O) groups is 1. The summed E-state index contributed by atoms with van der Waals surface area (Å²) in [5.41, 5.74) is 0.793. The molecule has 1 aromatic carbocycles.